The van der Waals surface area contributed by atoms with Gasteiger partial charge in [0.15, 0.2) is 0 Å². The summed E-state index contributed by atoms with van der Waals surface area (Å²) in [6, 6.07) is 22.8. The van der Waals surface area contributed by atoms with E-state index < -0.39 is 10.3 Å². The predicted octanol–water partition coefficient (Wildman–Crippen LogP) is 4.02. The van der Waals surface area contributed by atoms with E-state index in [9.17, 15) is 8.42 Å². The second-order valence-electron chi connectivity index (χ2n) is 5.16. The maximum absolute atomic E-state index is 11.0. The molecule has 0 spiro atoms. The van der Waals surface area contributed by atoms with Crippen molar-refractivity contribution in [1.82, 2.24) is 0 Å². The zero-order valence-electron chi connectivity index (χ0n) is 12.6. The summed E-state index contributed by atoms with van der Waals surface area (Å²) >= 11 is 0. The lowest BCUT2D eigenvalue weighted by molar-refractivity contribution is 0.480. The molecule has 0 saturated carbocycles. The van der Waals surface area contributed by atoms with Crippen LogP contribution >= 0.6 is 0 Å². The third-order valence-corrected chi connectivity index (χ3v) is 3.75. The van der Waals surface area contributed by atoms with Crippen molar-refractivity contribution in [3.8, 4) is 0 Å². The average molecular weight is 341 g/mol. The Labute approximate surface area is 139 Å². The SMILES string of the molecule is O=S(=O)(O)N=NN(Cc1ccccc1)c1cccc2ccccc12. The minimum absolute atomic E-state index is 0.313. The first-order valence-electron chi connectivity index (χ1n) is 7.22. The molecule has 0 aromatic heterocycles. The van der Waals surface area contributed by atoms with Gasteiger partial charge in [0.1, 0.15) is 0 Å². The molecule has 0 aliphatic rings. The van der Waals surface area contributed by atoms with Crippen LogP contribution in [0.4, 0.5) is 5.69 Å². The molecule has 0 amide bonds. The summed E-state index contributed by atoms with van der Waals surface area (Å²) in [5.41, 5.74) is 1.63. The van der Waals surface area contributed by atoms with Crippen LogP contribution in [-0.4, -0.2) is 13.0 Å². The van der Waals surface area contributed by atoms with Gasteiger partial charge in [0.25, 0.3) is 0 Å². The minimum atomic E-state index is -4.56. The Hall–Kier alpha value is -2.77. The molecule has 7 heteroatoms. The fourth-order valence-corrected chi connectivity index (χ4v) is 2.63. The highest BCUT2D eigenvalue weighted by Gasteiger charge is 2.12. The summed E-state index contributed by atoms with van der Waals surface area (Å²) < 4.78 is 33.8. The van der Waals surface area contributed by atoms with E-state index in [-0.39, 0.29) is 0 Å². The topological polar surface area (TPSA) is 82.3 Å². The van der Waals surface area contributed by atoms with Crippen LogP contribution in [0.15, 0.2) is 82.5 Å². The molecule has 0 aliphatic heterocycles. The van der Waals surface area contributed by atoms with Crippen LogP contribution < -0.4 is 5.01 Å². The monoisotopic (exact) mass is 341 g/mol. The highest BCUT2D eigenvalue weighted by atomic mass is 32.2. The van der Waals surface area contributed by atoms with Crippen LogP contribution in [0, 0.1) is 0 Å². The van der Waals surface area contributed by atoms with E-state index >= 15 is 0 Å². The lowest BCUT2D eigenvalue weighted by Crippen LogP contribution is -2.16. The number of rotatable bonds is 5. The Kier molecular flexibility index (Phi) is 4.54. The molecule has 0 heterocycles. The average Bonchev–Trinajstić information content (AvgIpc) is 2.58. The number of nitrogens with zero attached hydrogens (tertiary/aromatic N) is 3. The lowest BCUT2D eigenvalue weighted by atomic mass is 10.1. The van der Waals surface area contributed by atoms with E-state index in [2.05, 4.69) is 9.74 Å². The van der Waals surface area contributed by atoms with E-state index in [4.69, 9.17) is 4.55 Å². The van der Waals surface area contributed by atoms with E-state index in [1.165, 1.54) is 5.01 Å². The van der Waals surface area contributed by atoms with Crippen LogP contribution in [0.2, 0.25) is 0 Å². The first-order valence-corrected chi connectivity index (χ1v) is 8.62. The summed E-state index contributed by atoms with van der Waals surface area (Å²) in [5.74, 6) is 0. The van der Waals surface area contributed by atoms with Crippen molar-refractivity contribution in [3.05, 3.63) is 78.4 Å². The van der Waals surface area contributed by atoms with Gasteiger partial charge in [0, 0.05) is 5.39 Å². The van der Waals surface area contributed by atoms with Crippen LogP contribution in [0.1, 0.15) is 5.56 Å². The number of benzene rings is 3. The predicted molar refractivity (Wildman–Crippen MR) is 93.0 cm³/mol. The molecule has 0 fully saturated rings. The normalized spacial score (nSPS) is 11.9. The van der Waals surface area contributed by atoms with Crippen molar-refractivity contribution in [2.45, 2.75) is 6.54 Å². The Balaban J connectivity index is 2.07. The number of hydrogen-bond donors (Lipinski definition) is 1. The largest absolute Gasteiger partial charge is 0.397 e. The highest BCUT2D eigenvalue weighted by molar-refractivity contribution is 7.84. The second-order valence-corrected chi connectivity index (χ2v) is 6.22. The van der Waals surface area contributed by atoms with E-state index in [0.717, 1.165) is 16.3 Å². The van der Waals surface area contributed by atoms with Gasteiger partial charge >= 0.3 is 10.3 Å². The van der Waals surface area contributed by atoms with E-state index in [1.54, 1.807) is 0 Å². The molecule has 3 rings (SSSR count). The van der Waals surface area contributed by atoms with Crippen molar-refractivity contribution in [3.63, 3.8) is 0 Å². The van der Waals surface area contributed by atoms with Gasteiger partial charge in [-0.2, -0.15) is 8.42 Å². The quantitative estimate of drug-likeness (QED) is 0.432. The molecular weight excluding hydrogens is 326 g/mol. The molecule has 0 aliphatic carbocycles. The summed E-state index contributed by atoms with van der Waals surface area (Å²) in [6.45, 7) is 0.313. The Morgan fingerprint density at radius 3 is 2.29 bits per heavy atom. The molecule has 0 bridgehead atoms. The van der Waals surface area contributed by atoms with Gasteiger partial charge in [0.05, 0.1) is 12.2 Å². The molecular formula is C17H15N3O3S. The van der Waals surface area contributed by atoms with Gasteiger partial charge in [-0.25, -0.2) is 5.01 Å². The van der Waals surface area contributed by atoms with Crippen molar-refractivity contribution in [2.75, 3.05) is 5.01 Å². The number of fused-ring (bicyclic) bond motifs is 1. The maximum atomic E-state index is 11.0. The molecule has 6 nitrogen and oxygen atoms in total. The van der Waals surface area contributed by atoms with Crippen molar-refractivity contribution in [2.24, 2.45) is 9.74 Å². The summed E-state index contributed by atoms with van der Waals surface area (Å²) in [7, 11) is -4.56. The first-order chi connectivity index (χ1) is 11.5. The van der Waals surface area contributed by atoms with Crippen LogP contribution in [0.25, 0.3) is 10.8 Å². The van der Waals surface area contributed by atoms with Gasteiger partial charge in [-0.3, -0.25) is 4.55 Å². The standard InChI is InChI=1S/C17H15N3O3S/c21-24(22,23)19-18-20(13-14-7-2-1-3-8-14)17-12-6-10-15-9-4-5-11-16(15)17/h1-12H,13H2,(H,21,22,23). The molecule has 3 aromatic carbocycles. The second kappa shape index (κ2) is 6.77. The molecule has 24 heavy (non-hydrogen) atoms. The van der Waals surface area contributed by atoms with Gasteiger partial charge in [-0.15, -0.1) is 0 Å². The lowest BCUT2D eigenvalue weighted by Gasteiger charge is -2.19. The third kappa shape index (κ3) is 3.95. The van der Waals surface area contributed by atoms with Crippen molar-refractivity contribution < 1.29 is 13.0 Å². The van der Waals surface area contributed by atoms with Crippen molar-refractivity contribution >= 4 is 26.8 Å². The molecule has 3 aromatic rings. The highest BCUT2D eigenvalue weighted by Crippen LogP contribution is 2.28. The molecule has 0 saturated heterocycles. The Bertz CT molecular complexity index is 967. The molecule has 0 atom stereocenters. The van der Waals surface area contributed by atoms with Gasteiger partial charge in [-0.05, 0) is 21.5 Å². The molecule has 122 valence electrons. The van der Waals surface area contributed by atoms with Crippen LogP contribution in [0.3, 0.4) is 0 Å². The summed E-state index contributed by atoms with van der Waals surface area (Å²) in [4.78, 5) is 0. The third-order valence-electron chi connectivity index (χ3n) is 3.47. The Morgan fingerprint density at radius 1 is 0.875 bits per heavy atom. The molecule has 0 radical (unpaired) electrons. The number of anilines is 1. The molecule has 0 unspecified atom stereocenters. The maximum Gasteiger partial charge on any atom is 0.397 e. The van der Waals surface area contributed by atoms with Gasteiger partial charge < -0.3 is 0 Å². The fraction of sp³-hybridized carbons (Fsp3) is 0.0588. The first kappa shape index (κ1) is 16.1. The van der Waals surface area contributed by atoms with Gasteiger partial charge in [0.2, 0.25) is 0 Å². The van der Waals surface area contributed by atoms with Crippen molar-refractivity contribution in [1.29, 1.82) is 0 Å². The summed E-state index contributed by atoms with van der Waals surface area (Å²) in [5, 5.41) is 7.08. The number of hydrogen-bond acceptors (Lipinski definition) is 3. The Morgan fingerprint density at radius 2 is 1.54 bits per heavy atom. The zero-order valence-corrected chi connectivity index (χ0v) is 13.5. The fourth-order valence-electron chi connectivity index (χ4n) is 2.44. The van der Waals surface area contributed by atoms with E-state index in [1.807, 2.05) is 72.8 Å². The van der Waals surface area contributed by atoms with Crippen LogP contribution in [0.5, 0.6) is 0 Å². The zero-order chi connectivity index (χ0) is 17.0. The molecule has 1 N–H and O–H groups in total. The van der Waals surface area contributed by atoms with Gasteiger partial charge in [-0.1, -0.05) is 72.0 Å². The van der Waals surface area contributed by atoms with E-state index in [0.29, 0.717) is 12.2 Å². The summed E-state index contributed by atoms with van der Waals surface area (Å²) in [6.07, 6.45) is 0. The smallest absolute Gasteiger partial charge is 0.266 e. The minimum Gasteiger partial charge on any atom is -0.266 e. The van der Waals surface area contributed by atoms with Crippen LogP contribution in [-0.2, 0) is 16.8 Å².